The minimum Gasteiger partial charge on any atom is -0.394 e. The van der Waals surface area contributed by atoms with Crippen molar-refractivity contribution in [3.05, 3.63) is 72.9 Å². The Kier molecular flexibility index (Phi) is 13.5. The summed E-state index contributed by atoms with van der Waals surface area (Å²) in [5.41, 5.74) is 2.33. The average Bonchev–Trinajstić information content (AvgIpc) is 3.05. The van der Waals surface area contributed by atoms with Crippen molar-refractivity contribution in [1.29, 1.82) is 0 Å². The van der Waals surface area contributed by atoms with Crippen LogP contribution in [0.5, 0.6) is 0 Å². The van der Waals surface area contributed by atoms with Crippen LogP contribution in [-0.4, -0.2) is 10.1 Å². The van der Waals surface area contributed by atoms with Crippen LogP contribution in [0.25, 0.3) is 0 Å². The number of pyridine rings is 1. The number of aliphatic hydroxyl groups excluding tert-OH is 1. The number of hydrogen-bond acceptors (Lipinski definition) is 2. The zero-order chi connectivity index (χ0) is 16.5. The van der Waals surface area contributed by atoms with E-state index in [9.17, 15) is 5.11 Å². The topological polar surface area (TPSA) is 33.1 Å². The Labute approximate surface area is 179 Å². The minimum atomic E-state index is -0.316. The average molecular weight is 544 g/mol. The Hall–Kier alpha value is -0.397. The molecule has 0 unspecified atom stereocenters. The molecule has 4 heteroatoms. The number of aliphatic hydroxyl groups is 1. The van der Waals surface area contributed by atoms with E-state index in [2.05, 4.69) is 24.2 Å². The van der Waals surface area contributed by atoms with E-state index in [1.165, 1.54) is 12.0 Å². The molecule has 3 rings (SSSR count). The summed E-state index contributed by atoms with van der Waals surface area (Å²) in [6.07, 6.45) is 9.90. The van der Waals surface area contributed by atoms with Crippen LogP contribution < -0.4 is 0 Å². The zero-order valence-corrected chi connectivity index (χ0v) is 19.2. The van der Waals surface area contributed by atoms with Gasteiger partial charge >= 0.3 is 0 Å². The number of rotatable bonds is 4. The van der Waals surface area contributed by atoms with Crippen LogP contribution in [0, 0.1) is 25.0 Å². The van der Waals surface area contributed by atoms with E-state index < -0.39 is 0 Å². The molecule has 2 nitrogen and oxygen atoms in total. The maximum Gasteiger partial charge on any atom is 0.0818 e. The summed E-state index contributed by atoms with van der Waals surface area (Å²) in [5.74, 6) is 1.06. The van der Waals surface area contributed by atoms with Crippen LogP contribution in [0.3, 0.4) is 0 Å². The molecule has 1 N–H and O–H groups in total. The van der Waals surface area contributed by atoms with Gasteiger partial charge in [0.15, 0.2) is 0 Å². The molecular weight excluding hydrogens is 517 g/mol. The molecule has 0 aliphatic heterocycles. The second kappa shape index (κ2) is 13.8. The second-order valence-corrected chi connectivity index (χ2v) is 6.29. The first-order valence-corrected chi connectivity index (χ1v) is 8.57. The molecule has 1 aromatic carbocycles. The van der Waals surface area contributed by atoms with Crippen molar-refractivity contribution in [2.75, 3.05) is 0 Å². The molecule has 25 heavy (non-hydrogen) atoms. The monoisotopic (exact) mass is 544 g/mol. The number of aromatic nitrogens is 1. The molecule has 1 radical (unpaired) electrons. The summed E-state index contributed by atoms with van der Waals surface area (Å²) < 4.78 is 0. The Balaban J connectivity index is 0.00000108. The van der Waals surface area contributed by atoms with E-state index in [1.807, 2.05) is 49.5 Å². The summed E-state index contributed by atoms with van der Waals surface area (Å²) in [4.78, 5) is 4.05. The van der Waals surface area contributed by atoms with Gasteiger partial charge in [-0.3, -0.25) is 0 Å². The maximum absolute atomic E-state index is 10.5. The van der Waals surface area contributed by atoms with Crippen LogP contribution in [0.15, 0.2) is 48.7 Å². The molecular formula is C21H27NOVW-2. The summed E-state index contributed by atoms with van der Waals surface area (Å²) >= 11 is 0. The van der Waals surface area contributed by atoms with Crippen molar-refractivity contribution in [3.8, 4) is 0 Å². The third-order valence-corrected chi connectivity index (χ3v) is 4.37. The van der Waals surface area contributed by atoms with Gasteiger partial charge in [0.05, 0.1) is 6.10 Å². The van der Waals surface area contributed by atoms with Crippen molar-refractivity contribution in [3.63, 3.8) is 0 Å². The molecule has 135 valence electrons. The van der Waals surface area contributed by atoms with Crippen LogP contribution >= 0.6 is 0 Å². The van der Waals surface area contributed by atoms with Gasteiger partial charge in [0.2, 0.25) is 0 Å². The standard InChI is InChI=1S/C18H20NO.C3H7.V.W/c20-18(16-6-2-1-3-7-16)17-9-8-14(12-17)11-15-5-4-10-19-13-15;1-3-2;;/h1-7,13-14,17-18,20H,8-9,11-12H2;1,3H2,2H3;;/q2*-1;;/t14-,17-,18+;;;/m0.../s1. The zero-order valence-electron chi connectivity index (χ0n) is 14.8. The molecule has 1 aliphatic carbocycles. The molecule has 3 atom stereocenters. The van der Waals surface area contributed by atoms with E-state index >= 15 is 0 Å². The van der Waals surface area contributed by atoms with Crippen LogP contribution in [-0.2, 0) is 46.0 Å². The molecule has 0 amide bonds. The summed E-state index contributed by atoms with van der Waals surface area (Å²) in [5, 5.41) is 10.5. The van der Waals surface area contributed by atoms with Gasteiger partial charge in [-0.15, -0.1) is 5.56 Å². The smallest absolute Gasteiger partial charge is 0.0818 e. The Morgan fingerprint density at radius 1 is 1.24 bits per heavy atom. The fourth-order valence-corrected chi connectivity index (χ4v) is 3.31. The molecule has 1 aromatic heterocycles. The van der Waals surface area contributed by atoms with Crippen LogP contribution in [0.1, 0.15) is 49.8 Å². The van der Waals surface area contributed by atoms with Gasteiger partial charge in [-0.1, -0.05) is 49.6 Å². The van der Waals surface area contributed by atoms with Gasteiger partial charge < -0.3 is 17.0 Å². The Morgan fingerprint density at radius 3 is 2.52 bits per heavy atom. The first kappa shape index (κ1) is 24.6. The van der Waals surface area contributed by atoms with E-state index in [0.717, 1.165) is 31.2 Å². The second-order valence-electron chi connectivity index (χ2n) is 6.29. The summed E-state index contributed by atoms with van der Waals surface area (Å²) in [6, 6.07) is 14.0. The first-order valence-electron chi connectivity index (χ1n) is 8.57. The van der Waals surface area contributed by atoms with Gasteiger partial charge in [-0.05, 0) is 43.1 Å². The molecule has 1 heterocycles. The molecule has 1 fully saturated rings. The fourth-order valence-electron chi connectivity index (χ4n) is 3.31. The van der Waals surface area contributed by atoms with Crippen molar-refractivity contribution < 1.29 is 44.7 Å². The fraction of sp³-hybridized carbons (Fsp3) is 0.429. The van der Waals surface area contributed by atoms with Gasteiger partial charge in [0.1, 0.15) is 0 Å². The van der Waals surface area contributed by atoms with Crippen LogP contribution in [0.2, 0.25) is 0 Å². The molecule has 0 spiro atoms. The maximum atomic E-state index is 10.5. The van der Waals surface area contributed by atoms with Gasteiger partial charge in [0, 0.05) is 39.6 Å². The summed E-state index contributed by atoms with van der Waals surface area (Å²) in [7, 11) is 0. The number of nitrogens with zero attached hydrogens (tertiary/aromatic N) is 1. The predicted octanol–water partition coefficient (Wildman–Crippen LogP) is 4.80. The van der Waals surface area contributed by atoms with E-state index in [0.29, 0.717) is 11.8 Å². The Bertz CT molecular complexity index is 552. The normalized spacial score (nSPS) is 19.6. The molecule has 0 saturated heterocycles. The Morgan fingerprint density at radius 2 is 1.92 bits per heavy atom. The van der Waals surface area contributed by atoms with Crippen molar-refractivity contribution in [2.24, 2.45) is 11.8 Å². The number of hydrogen-bond donors (Lipinski definition) is 1. The third-order valence-electron chi connectivity index (χ3n) is 4.37. The molecule has 2 aromatic rings. The SMILES string of the molecule is O[C@H](c1ccccc1)[C@H]1CC[C@@H](Cc2cc[c-]nc2)C1.[CH2-]CC.[V].[W]. The third kappa shape index (κ3) is 8.22. The minimum absolute atomic E-state index is 0. The van der Waals surface area contributed by atoms with Crippen molar-refractivity contribution in [2.45, 2.75) is 45.1 Å². The first-order chi connectivity index (χ1) is 11.2. The van der Waals surface area contributed by atoms with Crippen molar-refractivity contribution >= 4 is 0 Å². The quantitative estimate of drug-likeness (QED) is 0.562. The molecule has 1 saturated carbocycles. The van der Waals surface area contributed by atoms with Crippen molar-refractivity contribution in [1.82, 2.24) is 4.98 Å². The van der Waals surface area contributed by atoms with Gasteiger partial charge in [0.25, 0.3) is 0 Å². The predicted molar refractivity (Wildman–Crippen MR) is 94.7 cm³/mol. The largest absolute Gasteiger partial charge is 0.394 e. The van der Waals surface area contributed by atoms with Gasteiger partial charge in [-0.2, -0.15) is 18.6 Å². The molecule has 1 aliphatic rings. The summed E-state index contributed by atoms with van der Waals surface area (Å²) in [6.45, 7) is 5.50. The molecule has 0 bridgehead atoms. The number of benzene rings is 1. The van der Waals surface area contributed by atoms with E-state index in [4.69, 9.17) is 0 Å². The van der Waals surface area contributed by atoms with E-state index in [-0.39, 0.29) is 45.7 Å². The van der Waals surface area contributed by atoms with Gasteiger partial charge in [-0.25, -0.2) is 0 Å². The van der Waals surface area contributed by atoms with Crippen LogP contribution in [0.4, 0.5) is 0 Å². The van der Waals surface area contributed by atoms with E-state index in [1.54, 1.807) is 0 Å².